The number of alkyl halides is 3. The van der Waals surface area contributed by atoms with Gasteiger partial charge in [0.05, 0.1) is 18.8 Å². The molecule has 0 saturated carbocycles. The van der Waals surface area contributed by atoms with Crippen molar-refractivity contribution < 1.29 is 13.2 Å². The van der Waals surface area contributed by atoms with E-state index in [2.05, 4.69) is 36.4 Å². The molecule has 0 spiro atoms. The summed E-state index contributed by atoms with van der Waals surface area (Å²) in [7, 11) is 0. The Morgan fingerprint density at radius 2 is 2.03 bits per heavy atom. The Labute approximate surface area is 199 Å². The van der Waals surface area contributed by atoms with Crippen LogP contribution in [0.2, 0.25) is 0 Å². The van der Waals surface area contributed by atoms with Crippen molar-refractivity contribution in [3.63, 3.8) is 0 Å². The van der Waals surface area contributed by atoms with E-state index in [1.807, 2.05) is 6.92 Å². The Bertz CT molecular complexity index is 672. The van der Waals surface area contributed by atoms with E-state index in [1.54, 1.807) is 18.3 Å². The highest BCUT2D eigenvalue weighted by Gasteiger charge is 2.33. The number of hydrogen-bond donors (Lipinski definition) is 1. The van der Waals surface area contributed by atoms with Gasteiger partial charge in [0, 0.05) is 37.0 Å². The number of nitrogens with zero attached hydrogens (tertiary/aromatic N) is 4. The van der Waals surface area contributed by atoms with E-state index in [9.17, 15) is 13.2 Å². The van der Waals surface area contributed by atoms with Crippen LogP contribution in [-0.2, 0) is 12.0 Å². The highest BCUT2D eigenvalue weighted by Crippen LogP contribution is 2.25. The van der Waals surface area contributed by atoms with Crippen LogP contribution in [-0.4, -0.2) is 66.2 Å². The molecule has 0 aromatic carbocycles. The van der Waals surface area contributed by atoms with E-state index in [4.69, 9.17) is 9.98 Å². The maximum absolute atomic E-state index is 12.7. The number of guanidine groups is 1. The SMILES string of the molecule is CCNC(=NCc1nc(C(C)(C)C)cs1)N1CCC(CN(CC)CC(F)(F)F)C1.I. The van der Waals surface area contributed by atoms with Crippen molar-refractivity contribution >= 4 is 41.3 Å². The van der Waals surface area contributed by atoms with Gasteiger partial charge in [-0.1, -0.05) is 27.7 Å². The molecule has 1 aliphatic rings. The second kappa shape index (κ2) is 11.8. The summed E-state index contributed by atoms with van der Waals surface area (Å²) in [5, 5.41) is 6.38. The van der Waals surface area contributed by atoms with E-state index < -0.39 is 12.7 Å². The first-order valence-electron chi connectivity index (χ1n) is 10.3. The largest absolute Gasteiger partial charge is 0.401 e. The number of aliphatic imine (C=N–C) groups is 1. The van der Waals surface area contributed by atoms with Crippen LogP contribution >= 0.6 is 35.3 Å². The van der Waals surface area contributed by atoms with Gasteiger partial charge in [-0.2, -0.15) is 13.2 Å². The van der Waals surface area contributed by atoms with Crippen molar-refractivity contribution in [1.82, 2.24) is 20.1 Å². The zero-order valence-corrected chi connectivity index (χ0v) is 21.7. The summed E-state index contributed by atoms with van der Waals surface area (Å²) < 4.78 is 38.2. The predicted octanol–water partition coefficient (Wildman–Crippen LogP) is 4.73. The van der Waals surface area contributed by atoms with Crippen LogP contribution in [0.5, 0.6) is 0 Å². The van der Waals surface area contributed by atoms with Crippen LogP contribution < -0.4 is 5.32 Å². The summed E-state index contributed by atoms with van der Waals surface area (Å²) in [6.07, 6.45) is -3.27. The van der Waals surface area contributed by atoms with Crippen LogP contribution in [0.15, 0.2) is 10.4 Å². The molecule has 30 heavy (non-hydrogen) atoms. The molecule has 2 heterocycles. The average Bonchev–Trinajstić information content (AvgIpc) is 3.26. The number of aromatic nitrogens is 1. The maximum atomic E-state index is 12.7. The monoisotopic (exact) mass is 561 g/mol. The average molecular weight is 562 g/mol. The number of thiazole rings is 1. The fraction of sp³-hybridized carbons (Fsp3) is 0.800. The minimum atomic E-state index is -4.15. The van der Waals surface area contributed by atoms with Gasteiger partial charge in [0.25, 0.3) is 0 Å². The lowest BCUT2D eigenvalue weighted by molar-refractivity contribution is -0.146. The molecule has 0 radical (unpaired) electrons. The molecule has 1 aromatic heterocycles. The zero-order valence-electron chi connectivity index (χ0n) is 18.6. The molecule has 1 N–H and O–H groups in total. The summed E-state index contributed by atoms with van der Waals surface area (Å²) in [5.41, 5.74) is 1.09. The topological polar surface area (TPSA) is 43.8 Å². The molecular weight excluding hydrogens is 526 g/mol. The van der Waals surface area contributed by atoms with Gasteiger partial charge in [-0.15, -0.1) is 35.3 Å². The van der Waals surface area contributed by atoms with Crippen molar-refractivity contribution in [1.29, 1.82) is 0 Å². The van der Waals surface area contributed by atoms with Crippen molar-refractivity contribution in [2.24, 2.45) is 10.9 Å². The minimum Gasteiger partial charge on any atom is -0.357 e. The van der Waals surface area contributed by atoms with Gasteiger partial charge in [-0.3, -0.25) is 4.90 Å². The molecule has 1 aliphatic heterocycles. The standard InChI is InChI=1S/C20H34F3N5S.HI/c1-6-24-18(25-10-17-26-16(13-29-17)19(3,4)5)28-9-8-15(12-28)11-27(7-2)14-20(21,22)23;/h13,15H,6-12,14H2,1-5H3,(H,24,25);1H. The van der Waals surface area contributed by atoms with Gasteiger partial charge in [0.2, 0.25) is 0 Å². The summed E-state index contributed by atoms with van der Waals surface area (Å²) >= 11 is 1.62. The lowest BCUT2D eigenvalue weighted by atomic mass is 9.93. The van der Waals surface area contributed by atoms with Gasteiger partial charge in [0.15, 0.2) is 5.96 Å². The molecule has 1 saturated heterocycles. The first-order valence-corrected chi connectivity index (χ1v) is 11.2. The predicted molar refractivity (Wildman–Crippen MR) is 129 cm³/mol. The van der Waals surface area contributed by atoms with Crippen molar-refractivity contribution in [2.45, 2.75) is 59.2 Å². The number of rotatable bonds is 7. The van der Waals surface area contributed by atoms with E-state index in [0.29, 0.717) is 19.6 Å². The fourth-order valence-corrected chi connectivity index (χ4v) is 4.34. The molecule has 5 nitrogen and oxygen atoms in total. The van der Waals surface area contributed by atoms with Crippen molar-refractivity contribution in [3.8, 4) is 0 Å². The van der Waals surface area contributed by atoms with E-state index in [1.165, 1.54) is 4.90 Å². The molecule has 1 unspecified atom stereocenters. The Balaban J connectivity index is 0.00000450. The van der Waals surface area contributed by atoms with Gasteiger partial charge in [-0.05, 0) is 25.8 Å². The van der Waals surface area contributed by atoms with E-state index in [-0.39, 0.29) is 35.3 Å². The zero-order chi connectivity index (χ0) is 21.7. The molecule has 0 bridgehead atoms. The van der Waals surface area contributed by atoms with Gasteiger partial charge < -0.3 is 10.2 Å². The number of likely N-dealkylation sites (tertiary alicyclic amines) is 1. The van der Waals surface area contributed by atoms with Crippen LogP contribution in [0, 0.1) is 5.92 Å². The van der Waals surface area contributed by atoms with Crippen LogP contribution in [0.3, 0.4) is 0 Å². The van der Waals surface area contributed by atoms with Crippen LogP contribution in [0.4, 0.5) is 13.2 Å². The van der Waals surface area contributed by atoms with Crippen LogP contribution in [0.25, 0.3) is 0 Å². The first-order chi connectivity index (χ1) is 13.5. The van der Waals surface area contributed by atoms with Crippen molar-refractivity contribution in [3.05, 3.63) is 16.1 Å². The number of halogens is 4. The molecule has 0 amide bonds. The third-order valence-corrected chi connectivity index (χ3v) is 5.80. The molecule has 0 aliphatic carbocycles. The smallest absolute Gasteiger partial charge is 0.357 e. The third-order valence-electron chi connectivity index (χ3n) is 4.97. The lowest BCUT2D eigenvalue weighted by Gasteiger charge is -2.26. The number of nitrogens with one attached hydrogen (secondary N) is 1. The Morgan fingerprint density at radius 1 is 1.33 bits per heavy atom. The molecule has 1 aromatic rings. The van der Waals surface area contributed by atoms with Gasteiger partial charge in [0.1, 0.15) is 5.01 Å². The second-order valence-corrected chi connectivity index (χ2v) is 9.53. The fourth-order valence-electron chi connectivity index (χ4n) is 3.39. The second-order valence-electron chi connectivity index (χ2n) is 8.59. The number of hydrogen-bond acceptors (Lipinski definition) is 4. The lowest BCUT2D eigenvalue weighted by Crippen LogP contribution is -2.41. The molecule has 2 rings (SSSR count). The maximum Gasteiger partial charge on any atom is 0.401 e. The normalized spacial score (nSPS) is 18.1. The molecule has 10 heteroatoms. The van der Waals surface area contributed by atoms with Gasteiger partial charge >= 0.3 is 6.18 Å². The van der Waals surface area contributed by atoms with Gasteiger partial charge in [-0.25, -0.2) is 9.98 Å². The van der Waals surface area contributed by atoms with E-state index in [0.717, 1.165) is 42.7 Å². The summed E-state index contributed by atoms with van der Waals surface area (Å²) in [5.74, 6) is 1.04. The Morgan fingerprint density at radius 3 is 2.57 bits per heavy atom. The first kappa shape index (κ1) is 27.4. The minimum absolute atomic E-state index is 0. The summed E-state index contributed by atoms with van der Waals surface area (Å²) in [6.45, 7) is 13.1. The molecule has 174 valence electrons. The van der Waals surface area contributed by atoms with E-state index >= 15 is 0 Å². The third kappa shape index (κ3) is 8.86. The molecular formula is C20H35F3IN5S. The summed E-state index contributed by atoms with van der Waals surface area (Å²) in [6, 6.07) is 0. The quantitative estimate of drug-likeness (QED) is 0.297. The Kier molecular flexibility index (Phi) is 10.8. The van der Waals surface area contributed by atoms with Crippen LogP contribution in [0.1, 0.15) is 51.7 Å². The Hall–Kier alpha value is -0.620. The summed E-state index contributed by atoms with van der Waals surface area (Å²) in [4.78, 5) is 13.1. The van der Waals surface area contributed by atoms with Crippen molar-refractivity contribution in [2.75, 3.05) is 39.3 Å². The highest BCUT2D eigenvalue weighted by molar-refractivity contribution is 14.0. The molecule has 1 fully saturated rings. The highest BCUT2D eigenvalue weighted by atomic mass is 127. The molecule has 1 atom stereocenters.